The van der Waals surface area contributed by atoms with E-state index < -0.39 is 0 Å². The molecule has 0 aliphatic heterocycles. The van der Waals surface area contributed by atoms with Crippen molar-refractivity contribution in [2.24, 2.45) is 0 Å². The summed E-state index contributed by atoms with van der Waals surface area (Å²) in [5, 5.41) is 2.94. The van der Waals surface area contributed by atoms with Crippen molar-refractivity contribution in [1.82, 2.24) is 4.98 Å². The zero-order chi connectivity index (χ0) is 8.81. The van der Waals surface area contributed by atoms with Gasteiger partial charge in [0.15, 0.2) is 0 Å². The molecule has 1 N–H and O–H groups in total. The number of hydrogen-bond donors (Lipinski definition) is 1. The van der Waals surface area contributed by atoms with Gasteiger partial charge in [0.2, 0.25) is 0 Å². The Hall–Kier alpha value is -1.25. The smallest absolute Gasteiger partial charge is 0.137 e. The van der Waals surface area contributed by atoms with Crippen molar-refractivity contribution in [1.29, 1.82) is 0 Å². The molecule has 0 saturated heterocycles. The van der Waals surface area contributed by atoms with Crippen LogP contribution in [0, 0.1) is 0 Å². The van der Waals surface area contributed by atoms with E-state index in [1.807, 2.05) is 19.2 Å². The van der Waals surface area contributed by atoms with Crippen LogP contribution in [0.1, 0.15) is 13.3 Å². The molecule has 1 heterocycles. The van der Waals surface area contributed by atoms with E-state index in [2.05, 4.69) is 17.2 Å². The molecule has 0 aliphatic rings. The first-order valence-corrected chi connectivity index (χ1v) is 4.13. The van der Waals surface area contributed by atoms with E-state index in [4.69, 9.17) is 4.74 Å². The summed E-state index contributed by atoms with van der Waals surface area (Å²) in [5.41, 5.74) is 0. The molecule has 0 bridgehead atoms. The van der Waals surface area contributed by atoms with Crippen molar-refractivity contribution in [3.63, 3.8) is 0 Å². The van der Waals surface area contributed by atoms with Crippen LogP contribution in [0.2, 0.25) is 0 Å². The molecule has 1 aromatic heterocycles. The Kier molecular flexibility index (Phi) is 3.38. The highest BCUT2D eigenvalue weighted by molar-refractivity contribution is 5.36. The summed E-state index contributed by atoms with van der Waals surface area (Å²) >= 11 is 0. The maximum absolute atomic E-state index is 5.36. The second kappa shape index (κ2) is 4.59. The molecule has 0 spiro atoms. The van der Waals surface area contributed by atoms with Gasteiger partial charge in [0.1, 0.15) is 11.6 Å². The van der Waals surface area contributed by atoms with Gasteiger partial charge < -0.3 is 10.1 Å². The summed E-state index contributed by atoms with van der Waals surface area (Å²) in [6, 6.07) is 3.81. The Bertz CT molecular complexity index is 220. The third-order valence-electron chi connectivity index (χ3n) is 1.47. The number of anilines is 1. The molecule has 3 nitrogen and oxygen atoms in total. The minimum absolute atomic E-state index is 0.751. The predicted octanol–water partition coefficient (Wildman–Crippen LogP) is 1.91. The fourth-order valence-electron chi connectivity index (χ4n) is 0.833. The molecule has 0 aromatic carbocycles. The molecule has 0 amide bonds. The molecule has 1 rings (SSSR count). The van der Waals surface area contributed by atoms with E-state index >= 15 is 0 Å². The van der Waals surface area contributed by atoms with Gasteiger partial charge in [-0.05, 0) is 18.6 Å². The Balaban J connectivity index is 2.53. The topological polar surface area (TPSA) is 34.1 Å². The SMILES string of the molecule is CCCOc1ccc(NC)nc1. The Morgan fingerprint density at radius 2 is 2.33 bits per heavy atom. The molecule has 66 valence electrons. The number of nitrogens with zero attached hydrogens (tertiary/aromatic N) is 1. The van der Waals surface area contributed by atoms with E-state index in [0.29, 0.717) is 0 Å². The monoisotopic (exact) mass is 166 g/mol. The second-order valence-corrected chi connectivity index (χ2v) is 2.48. The molecule has 0 atom stereocenters. The molecular formula is C9H14N2O. The standard InChI is InChI=1S/C9H14N2O/c1-3-6-12-8-4-5-9(10-2)11-7-8/h4-5,7H,3,6H2,1-2H3,(H,10,11). The van der Waals surface area contributed by atoms with Gasteiger partial charge in [-0.2, -0.15) is 0 Å². The fraction of sp³-hybridized carbons (Fsp3) is 0.444. The van der Waals surface area contributed by atoms with Gasteiger partial charge in [-0.3, -0.25) is 0 Å². The normalized spacial score (nSPS) is 9.50. The van der Waals surface area contributed by atoms with E-state index in [9.17, 15) is 0 Å². The molecule has 0 unspecified atom stereocenters. The minimum atomic E-state index is 0.751. The molecule has 1 aromatic rings. The van der Waals surface area contributed by atoms with Crippen LogP contribution in [-0.4, -0.2) is 18.6 Å². The summed E-state index contributed by atoms with van der Waals surface area (Å²) < 4.78 is 5.36. The molecule has 3 heteroatoms. The Morgan fingerprint density at radius 3 is 2.83 bits per heavy atom. The number of ether oxygens (including phenoxy) is 1. The highest BCUT2D eigenvalue weighted by Crippen LogP contribution is 2.11. The first-order chi connectivity index (χ1) is 5.86. The number of hydrogen-bond acceptors (Lipinski definition) is 3. The van der Waals surface area contributed by atoms with E-state index in [1.54, 1.807) is 6.20 Å². The van der Waals surface area contributed by atoms with Crippen LogP contribution in [0.5, 0.6) is 5.75 Å². The summed E-state index contributed by atoms with van der Waals surface area (Å²) in [4.78, 5) is 4.11. The van der Waals surface area contributed by atoms with Gasteiger partial charge in [-0.25, -0.2) is 4.98 Å². The fourth-order valence-corrected chi connectivity index (χ4v) is 0.833. The lowest BCUT2D eigenvalue weighted by atomic mass is 10.4. The number of rotatable bonds is 4. The van der Waals surface area contributed by atoms with Crippen LogP contribution in [0.15, 0.2) is 18.3 Å². The highest BCUT2D eigenvalue weighted by Gasteiger charge is 1.92. The summed E-state index contributed by atoms with van der Waals surface area (Å²) in [6.45, 7) is 2.83. The van der Waals surface area contributed by atoms with Crippen molar-refractivity contribution in [3.05, 3.63) is 18.3 Å². The van der Waals surface area contributed by atoms with Crippen LogP contribution in [0.25, 0.3) is 0 Å². The van der Waals surface area contributed by atoms with Gasteiger partial charge in [-0.15, -0.1) is 0 Å². The average Bonchev–Trinajstić information content (AvgIpc) is 2.15. The molecule has 0 fully saturated rings. The maximum atomic E-state index is 5.36. The van der Waals surface area contributed by atoms with Crippen LogP contribution >= 0.6 is 0 Å². The predicted molar refractivity (Wildman–Crippen MR) is 49.6 cm³/mol. The third-order valence-corrected chi connectivity index (χ3v) is 1.47. The third kappa shape index (κ3) is 2.42. The van der Waals surface area contributed by atoms with Crippen molar-refractivity contribution in [2.75, 3.05) is 19.0 Å². The van der Waals surface area contributed by atoms with Gasteiger partial charge in [0.05, 0.1) is 12.8 Å². The van der Waals surface area contributed by atoms with E-state index in [0.717, 1.165) is 24.6 Å². The molecular weight excluding hydrogens is 152 g/mol. The number of nitrogens with one attached hydrogen (secondary N) is 1. The highest BCUT2D eigenvalue weighted by atomic mass is 16.5. The van der Waals surface area contributed by atoms with E-state index in [1.165, 1.54) is 0 Å². The van der Waals surface area contributed by atoms with Crippen molar-refractivity contribution in [2.45, 2.75) is 13.3 Å². The number of pyridine rings is 1. The minimum Gasteiger partial charge on any atom is -0.492 e. The van der Waals surface area contributed by atoms with Crippen molar-refractivity contribution >= 4 is 5.82 Å². The average molecular weight is 166 g/mol. The quantitative estimate of drug-likeness (QED) is 0.742. The lowest BCUT2D eigenvalue weighted by molar-refractivity contribution is 0.316. The van der Waals surface area contributed by atoms with Crippen LogP contribution < -0.4 is 10.1 Å². The second-order valence-electron chi connectivity index (χ2n) is 2.48. The molecule has 0 aliphatic carbocycles. The van der Waals surface area contributed by atoms with Gasteiger partial charge >= 0.3 is 0 Å². The summed E-state index contributed by atoms with van der Waals surface area (Å²) in [7, 11) is 1.84. The zero-order valence-corrected chi connectivity index (χ0v) is 7.50. The Labute approximate surface area is 72.8 Å². The molecule has 12 heavy (non-hydrogen) atoms. The van der Waals surface area contributed by atoms with Crippen LogP contribution in [-0.2, 0) is 0 Å². The summed E-state index contributed by atoms with van der Waals surface area (Å²) in [5.74, 6) is 1.69. The van der Waals surface area contributed by atoms with Crippen LogP contribution in [0.4, 0.5) is 5.82 Å². The van der Waals surface area contributed by atoms with Gasteiger partial charge in [-0.1, -0.05) is 6.92 Å². The maximum Gasteiger partial charge on any atom is 0.137 e. The van der Waals surface area contributed by atoms with Gasteiger partial charge in [0.25, 0.3) is 0 Å². The van der Waals surface area contributed by atoms with Crippen molar-refractivity contribution in [3.8, 4) is 5.75 Å². The number of aromatic nitrogens is 1. The largest absolute Gasteiger partial charge is 0.492 e. The zero-order valence-electron chi connectivity index (χ0n) is 7.50. The van der Waals surface area contributed by atoms with E-state index in [-0.39, 0.29) is 0 Å². The summed E-state index contributed by atoms with van der Waals surface area (Å²) in [6.07, 6.45) is 2.75. The molecule has 0 saturated carbocycles. The van der Waals surface area contributed by atoms with Crippen LogP contribution in [0.3, 0.4) is 0 Å². The van der Waals surface area contributed by atoms with Crippen molar-refractivity contribution < 1.29 is 4.74 Å². The first kappa shape index (κ1) is 8.84. The molecule has 0 radical (unpaired) electrons. The first-order valence-electron chi connectivity index (χ1n) is 4.13. The lowest BCUT2D eigenvalue weighted by Gasteiger charge is -2.04. The van der Waals surface area contributed by atoms with Gasteiger partial charge in [0, 0.05) is 7.05 Å². The lowest BCUT2D eigenvalue weighted by Crippen LogP contribution is -1.96. The Morgan fingerprint density at radius 1 is 1.50 bits per heavy atom.